The Bertz CT molecular complexity index is 435. The van der Waals surface area contributed by atoms with Crippen molar-refractivity contribution in [1.82, 2.24) is 0 Å². The van der Waals surface area contributed by atoms with Crippen molar-refractivity contribution in [3.8, 4) is 9.75 Å². The Kier molecular flexibility index (Phi) is 2.75. The van der Waals surface area contributed by atoms with E-state index in [0.717, 1.165) is 6.42 Å². The van der Waals surface area contributed by atoms with Gasteiger partial charge in [0.25, 0.3) is 0 Å². The fourth-order valence-electron chi connectivity index (χ4n) is 1.57. The first-order valence-electron chi connectivity index (χ1n) is 4.85. The Morgan fingerprint density at radius 3 is 2.50 bits per heavy atom. The normalized spacial score (nSPS) is 10.8. The van der Waals surface area contributed by atoms with Gasteiger partial charge in [-0.05, 0) is 48.9 Å². The highest BCUT2D eigenvalue weighted by Crippen LogP contribution is 2.36. The maximum Gasteiger partial charge on any atom is 0.0474 e. The maximum atomic E-state index is 2.32. The van der Waals surface area contributed by atoms with E-state index in [2.05, 4.69) is 38.3 Å². The van der Waals surface area contributed by atoms with Crippen LogP contribution in [-0.4, -0.2) is 0 Å². The third-order valence-corrected chi connectivity index (χ3v) is 4.64. The number of aryl methyl sites for hydroxylation is 3. The van der Waals surface area contributed by atoms with Crippen LogP contribution in [0.15, 0.2) is 17.5 Å². The van der Waals surface area contributed by atoms with Gasteiger partial charge in [0.15, 0.2) is 0 Å². The summed E-state index contributed by atoms with van der Waals surface area (Å²) in [6, 6.07) is 4.59. The molecule has 2 heteroatoms. The fraction of sp³-hybridized carbons (Fsp3) is 0.333. The van der Waals surface area contributed by atoms with Gasteiger partial charge in [0.1, 0.15) is 0 Å². The molecule has 0 aliphatic carbocycles. The SMILES string of the molecule is CCc1csc(-c2sc(C)cc2C)c1. The van der Waals surface area contributed by atoms with Gasteiger partial charge < -0.3 is 0 Å². The Balaban J connectivity index is 2.43. The van der Waals surface area contributed by atoms with E-state index in [-0.39, 0.29) is 0 Å². The van der Waals surface area contributed by atoms with Crippen LogP contribution in [0.4, 0.5) is 0 Å². The van der Waals surface area contributed by atoms with Crippen LogP contribution in [-0.2, 0) is 6.42 Å². The summed E-state index contributed by atoms with van der Waals surface area (Å²) in [5, 5.41) is 2.27. The van der Waals surface area contributed by atoms with Gasteiger partial charge in [0.2, 0.25) is 0 Å². The lowest BCUT2D eigenvalue weighted by atomic mass is 10.2. The van der Waals surface area contributed by atoms with Crippen LogP contribution in [0.25, 0.3) is 9.75 Å². The molecule has 0 aliphatic heterocycles. The molecule has 0 N–H and O–H groups in total. The van der Waals surface area contributed by atoms with Crippen molar-refractivity contribution in [1.29, 1.82) is 0 Å². The lowest BCUT2D eigenvalue weighted by Crippen LogP contribution is -1.71. The molecule has 2 aromatic rings. The topological polar surface area (TPSA) is 0 Å². The zero-order valence-corrected chi connectivity index (χ0v) is 10.4. The molecule has 14 heavy (non-hydrogen) atoms. The molecule has 0 radical (unpaired) electrons. The fourth-order valence-corrected chi connectivity index (χ4v) is 3.77. The second-order valence-electron chi connectivity index (χ2n) is 3.54. The van der Waals surface area contributed by atoms with Crippen LogP contribution in [0.1, 0.15) is 22.9 Å². The Morgan fingerprint density at radius 1 is 1.21 bits per heavy atom. The molecule has 0 fully saturated rings. The molecule has 2 rings (SSSR count). The minimum absolute atomic E-state index is 1.14. The van der Waals surface area contributed by atoms with Crippen molar-refractivity contribution < 1.29 is 0 Å². The number of hydrogen-bond donors (Lipinski definition) is 0. The van der Waals surface area contributed by atoms with E-state index in [0.29, 0.717) is 0 Å². The van der Waals surface area contributed by atoms with Crippen molar-refractivity contribution in [3.63, 3.8) is 0 Å². The van der Waals surface area contributed by atoms with Gasteiger partial charge in [-0.3, -0.25) is 0 Å². The molecule has 74 valence electrons. The van der Waals surface area contributed by atoms with E-state index in [1.54, 1.807) is 0 Å². The maximum absolute atomic E-state index is 2.32. The Morgan fingerprint density at radius 2 is 2.00 bits per heavy atom. The monoisotopic (exact) mass is 222 g/mol. The minimum Gasteiger partial charge on any atom is -0.143 e. The van der Waals surface area contributed by atoms with Gasteiger partial charge in [-0.15, -0.1) is 22.7 Å². The van der Waals surface area contributed by atoms with E-state index in [1.807, 2.05) is 22.7 Å². The highest BCUT2D eigenvalue weighted by atomic mass is 32.1. The lowest BCUT2D eigenvalue weighted by molar-refractivity contribution is 1.16. The molecule has 0 saturated carbocycles. The van der Waals surface area contributed by atoms with Crippen LogP contribution < -0.4 is 0 Å². The highest BCUT2D eigenvalue weighted by Gasteiger charge is 2.07. The van der Waals surface area contributed by atoms with E-state index < -0.39 is 0 Å². The van der Waals surface area contributed by atoms with E-state index >= 15 is 0 Å². The number of thiophene rings is 2. The average molecular weight is 222 g/mol. The van der Waals surface area contributed by atoms with Gasteiger partial charge in [0.05, 0.1) is 0 Å². The molecule has 2 heterocycles. The van der Waals surface area contributed by atoms with Gasteiger partial charge in [-0.1, -0.05) is 6.92 Å². The molecule has 0 atom stereocenters. The average Bonchev–Trinajstić information content (AvgIpc) is 2.71. The number of rotatable bonds is 2. The predicted octanol–water partition coefficient (Wildman–Crippen LogP) is 4.66. The summed E-state index contributed by atoms with van der Waals surface area (Å²) in [5.74, 6) is 0. The molecular formula is C12H14S2. The summed E-state index contributed by atoms with van der Waals surface area (Å²) >= 11 is 3.77. The Hall–Kier alpha value is -0.600. The molecular weight excluding hydrogens is 208 g/mol. The van der Waals surface area contributed by atoms with Crippen LogP contribution in [0.2, 0.25) is 0 Å². The lowest BCUT2D eigenvalue weighted by Gasteiger charge is -1.92. The molecule has 0 aromatic carbocycles. The third kappa shape index (κ3) is 1.77. The molecule has 0 aliphatic rings. The van der Waals surface area contributed by atoms with Gasteiger partial charge in [-0.2, -0.15) is 0 Å². The van der Waals surface area contributed by atoms with Crippen LogP contribution >= 0.6 is 22.7 Å². The zero-order valence-electron chi connectivity index (χ0n) is 8.76. The third-order valence-electron chi connectivity index (χ3n) is 2.33. The number of hydrogen-bond acceptors (Lipinski definition) is 2. The summed E-state index contributed by atoms with van der Waals surface area (Å²) < 4.78 is 0. The first-order chi connectivity index (χ1) is 6.70. The molecule has 0 unspecified atom stereocenters. The summed E-state index contributed by atoms with van der Waals surface area (Å²) in [5.41, 5.74) is 2.87. The van der Waals surface area contributed by atoms with Gasteiger partial charge >= 0.3 is 0 Å². The largest absolute Gasteiger partial charge is 0.143 e. The minimum atomic E-state index is 1.14. The van der Waals surface area contributed by atoms with Crippen LogP contribution in [0, 0.1) is 13.8 Å². The van der Waals surface area contributed by atoms with Gasteiger partial charge in [-0.25, -0.2) is 0 Å². The molecule has 0 amide bonds. The van der Waals surface area contributed by atoms with Crippen molar-refractivity contribution in [3.05, 3.63) is 33.5 Å². The quantitative estimate of drug-likeness (QED) is 0.693. The van der Waals surface area contributed by atoms with Crippen LogP contribution in [0.5, 0.6) is 0 Å². The first-order valence-corrected chi connectivity index (χ1v) is 6.55. The molecule has 2 aromatic heterocycles. The highest BCUT2D eigenvalue weighted by molar-refractivity contribution is 7.21. The van der Waals surface area contributed by atoms with Crippen molar-refractivity contribution in [2.45, 2.75) is 27.2 Å². The van der Waals surface area contributed by atoms with E-state index in [1.165, 1.54) is 25.8 Å². The van der Waals surface area contributed by atoms with Crippen LogP contribution in [0.3, 0.4) is 0 Å². The van der Waals surface area contributed by atoms with Gasteiger partial charge in [0, 0.05) is 14.6 Å². The first kappa shape index (κ1) is 9.94. The molecule has 0 spiro atoms. The summed E-state index contributed by atoms with van der Waals surface area (Å²) in [7, 11) is 0. The summed E-state index contributed by atoms with van der Waals surface area (Å²) in [6.45, 7) is 6.58. The summed E-state index contributed by atoms with van der Waals surface area (Å²) in [4.78, 5) is 4.29. The summed E-state index contributed by atoms with van der Waals surface area (Å²) in [6.07, 6.45) is 1.14. The van der Waals surface area contributed by atoms with Crippen molar-refractivity contribution in [2.24, 2.45) is 0 Å². The zero-order chi connectivity index (χ0) is 10.1. The standard InChI is InChI=1S/C12H14S2/c1-4-10-6-11(13-7-10)12-8(2)5-9(3)14-12/h5-7H,4H2,1-3H3. The molecule has 0 nitrogen and oxygen atoms in total. The second-order valence-corrected chi connectivity index (χ2v) is 5.71. The predicted molar refractivity (Wildman–Crippen MR) is 66.5 cm³/mol. The molecule has 0 bridgehead atoms. The van der Waals surface area contributed by atoms with E-state index in [9.17, 15) is 0 Å². The second kappa shape index (κ2) is 3.87. The molecule has 0 saturated heterocycles. The Labute approximate surface area is 93.2 Å². The smallest absolute Gasteiger partial charge is 0.0474 e. The van der Waals surface area contributed by atoms with E-state index in [4.69, 9.17) is 0 Å². The van der Waals surface area contributed by atoms with Crippen molar-refractivity contribution >= 4 is 22.7 Å². The van der Waals surface area contributed by atoms with Crippen molar-refractivity contribution in [2.75, 3.05) is 0 Å².